The summed E-state index contributed by atoms with van der Waals surface area (Å²) in [6.07, 6.45) is 0. The molecule has 0 saturated carbocycles. The van der Waals surface area contributed by atoms with E-state index in [2.05, 4.69) is 41.4 Å². The van der Waals surface area contributed by atoms with Crippen LogP contribution in [0, 0.1) is 6.92 Å². The molecule has 2 saturated heterocycles. The zero-order valence-electron chi connectivity index (χ0n) is 10.7. The van der Waals surface area contributed by atoms with Gasteiger partial charge in [-0.2, -0.15) is 0 Å². The van der Waals surface area contributed by atoms with Crippen molar-refractivity contribution in [3.63, 3.8) is 0 Å². The first-order valence-corrected chi connectivity index (χ1v) is 6.55. The SMILES string of the molecule is Cc1ccccc1CN1CCN2C(=O)NC[C@H]2C1. The summed E-state index contributed by atoms with van der Waals surface area (Å²) in [5, 5.41) is 2.92. The molecule has 0 radical (unpaired) electrons. The molecule has 18 heavy (non-hydrogen) atoms. The van der Waals surface area contributed by atoms with Crippen LogP contribution >= 0.6 is 0 Å². The van der Waals surface area contributed by atoms with Crippen LogP contribution in [0.2, 0.25) is 0 Å². The van der Waals surface area contributed by atoms with Crippen LogP contribution in [0.1, 0.15) is 11.1 Å². The van der Waals surface area contributed by atoms with Crippen molar-refractivity contribution in [3.05, 3.63) is 35.4 Å². The van der Waals surface area contributed by atoms with Crippen LogP contribution in [-0.2, 0) is 6.54 Å². The van der Waals surface area contributed by atoms with E-state index in [-0.39, 0.29) is 6.03 Å². The Hall–Kier alpha value is -1.55. The standard InChI is InChI=1S/C14H19N3O/c1-11-4-2-3-5-12(11)9-16-6-7-17-13(10-16)8-15-14(17)18/h2-5,13H,6-10H2,1H3,(H,15,18)/t13-/m0/s1. The number of amides is 2. The molecule has 96 valence electrons. The van der Waals surface area contributed by atoms with Crippen molar-refractivity contribution in [2.24, 2.45) is 0 Å². The second kappa shape index (κ2) is 4.61. The molecule has 4 nitrogen and oxygen atoms in total. The van der Waals surface area contributed by atoms with E-state index in [4.69, 9.17) is 0 Å². The summed E-state index contributed by atoms with van der Waals surface area (Å²) in [5.41, 5.74) is 2.74. The third-order valence-electron chi connectivity index (χ3n) is 3.97. The zero-order chi connectivity index (χ0) is 12.5. The number of nitrogens with one attached hydrogen (secondary N) is 1. The molecule has 0 bridgehead atoms. The van der Waals surface area contributed by atoms with Gasteiger partial charge in [0.2, 0.25) is 0 Å². The van der Waals surface area contributed by atoms with Gasteiger partial charge in [-0.3, -0.25) is 4.90 Å². The van der Waals surface area contributed by atoms with Gasteiger partial charge in [0.05, 0.1) is 6.04 Å². The molecule has 0 aromatic heterocycles. The van der Waals surface area contributed by atoms with Crippen molar-refractivity contribution in [2.75, 3.05) is 26.2 Å². The number of hydrogen-bond donors (Lipinski definition) is 1. The Morgan fingerprint density at radius 1 is 1.33 bits per heavy atom. The average molecular weight is 245 g/mol. The molecular formula is C14H19N3O. The molecule has 2 fully saturated rings. The highest BCUT2D eigenvalue weighted by molar-refractivity contribution is 5.77. The highest BCUT2D eigenvalue weighted by atomic mass is 16.2. The van der Waals surface area contributed by atoms with Gasteiger partial charge in [-0.05, 0) is 18.1 Å². The van der Waals surface area contributed by atoms with Crippen LogP contribution < -0.4 is 5.32 Å². The van der Waals surface area contributed by atoms with Gasteiger partial charge >= 0.3 is 6.03 Å². The highest BCUT2D eigenvalue weighted by Crippen LogP contribution is 2.17. The van der Waals surface area contributed by atoms with Gasteiger partial charge in [-0.1, -0.05) is 24.3 Å². The number of fused-ring (bicyclic) bond motifs is 1. The number of carbonyl (C=O) groups excluding carboxylic acids is 1. The number of carbonyl (C=O) groups is 1. The predicted octanol–water partition coefficient (Wildman–Crippen LogP) is 1.20. The van der Waals surface area contributed by atoms with Crippen LogP contribution in [0.4, 0.5) is 4.79 Å². The number of rotatable bonds is 2. The lowest BCUT2D eigenvalue weighted by Crippen LogP contribution is -2.51. The van der Waals surface area contributed by atoms with E-state index >= 15 is 0 Å². The van der Waals surface area contributed by atoms with Gasteiger partial charge in [0, 0.05) is 32.7 Å². The van der Waals surface area contributed by atoms with Crippen molar-refractivity contribution in [1.29, 1.82) is 0 Å². The number of hydrogen-bond acceptors (Lipinski definition) is 2. The zero-order valence-corrected chi connectivity index (χ0v) is 10.7. The smallest absolute Gasteiger partial charge is 0.317 e. The summed E-state index contributed by atoms with van der Waals surface area (Å²) < 4.78 is 0. The Morgan fingerprint density at radius 3 is 3.00 bits per heavy atom. The molecule has 1 aromatic carbocycles. The quantitative estimate of drug-likeness (QED) is 0.850. The van der Waals surface area contributed by atoms with Crippen molar-refractivity contribution in [3.8, 4) is 0 Å². The van der Waals surface area contributed by atoms with Gasteiger partial charge in [0.15, 0.2) is 0 Å². The Labute approximate surface area is 108 Å². The van der Waals surface area contributed by atoms with Crippen LogP contribution in [-0.4, -0.2) is 48.1 Å². The van der Waals surface area contributed by atoms with Crippen LogP contribution in [0.3, 0.4) is 0 Å². The largest absolute Gasteiger partial charge is 0.336 e. The van der Waals surface area contributed by atoms with E-state index in [0.29, 0.717) is 6.04 Å². The third-order valence-corrected chi connectivity index (χ3v) is 3.97. The van der Waals surface area contributed by atoms with Gasteiger partial charge in [-0.15, -0.1) is 0 Å². The fourth-order valence-corrected chi connectivity index (χ4v) is 2.84. The molecule has 1 aromatic rings. The second-order valence-corrected chi connectivity index (χ2v) is 5.19. The lowest BCUT2D eigenvalue weighted by Gasteiger charge is -2.36. The summed E-state index contributed by atoms with van der Waals surface area (Å²) in [7, 11) is 0. The van der Waals surface area contributed by atoms with E-state index in [9.17, 15) is 4.79 Å². The summed E-state index contributed by atoms with van der Waals surface area (Å²) in [6, 6.07) is 8.99. The number of aryl methyl sites for hydroxylation is 1. The van der Waals surface area contributed by atoms with Gasteiger partial charge in [0.25, 0.3) is 0 Å². The van der Waals surface area contributed by atoms with Crippen LogP contribution in [0.25, 0.3) is 0 Å². The number of benzene rings is 1. The summed E-state index contributed by atoms with van der Waals surface area (Å²) in [6.45, 7) is 6.74. The topological polar surface area (TPSA) is 35.6 Å². The summed E-state index contributed by atoms with van der Waals surface area (Å²) in [5.74, 6) is 0. The maximum atomic E-state index is 11.5. The van der Waals surface area contributed by atoms with Crippen molar-refractivity contribution < 1.29 is 4.79 Å². The van der Waals surface area contributed by atoms with Gasteiger partial charge < -0.3 is 10.2 Å². The molecule has 2 aliphatic rings. The first-order valence-electron chi connectivity index (χ1n) is 6.55. The predicted molar refractivity (Wildman–Crippen MR) is 70.3 cm³/mol. The molecule has 0 unspecified atom stereocenters. The molecule has 4 heteroatoms. The first kappa shape index (κ1) is 11.5. The monoisotopic (exact) mass is 245 g/mol. The fourth-order valence-electron chi connectivity index (χ4n) is 2.84. The number of urea groups is 1. The fraction of sp³-hybridized carbons (Fsp3) is 0.500. The molecule has 0 aliphatic carbocycles. The summed E-state index contributed by atoms with van der Waals surface area (Å²) >= 11 is 0. The number of piperazine rings is 1. The van der Waals surface area contributed by atoms with Crippen molar-refractivity contribution in [1.82, 2.24) is 15.1 Å². The van der Waals surface area contributed by atoms with Gasteiger partial charge in [-0.25, -0.2) is 4.79 Å². The minimum absolute atomic E-state index is 0.107. The van der Waals surface area contributed by atoms with Crippen molar-refractivity contribution in [2.45, 2.75) is 19.5 Å². The van der Waals surface area contributed by atoms with Crippen LogP contribution in [0.5, 0.6) is 0 Å². The molecule has 1 atom stereocenters. The van der Waals surface area contributed by atoms with Crippen molar-refractivity contribution >= 4 is 6.03 Å². The third kappa shape index (κ3) is 2.08. The Balaban J connectivity index is 1.66. The molecule has 3 rings (SSSR count). The lowest BCUT2D eigenvalue weighted by molar-refractivity contribution is 0.116. The normalized spacial score (nSPS) is 23.9. The van der Waals surface area contributed by atoms with E-state index in [1.54, 1.807) is 0 Å². The Bertz CT molecular complexity index is 460. The Morgan fingerprint density at radius 2 is 2.17 bits per heavy atom. The summed E-state index contributed by atoms with van der Waals surface area (Å²) in [4.78, 5) is 15.9. The molecule has 1 N–H and O–H groups in total. The molecule has 2 amide bonds. The average Bonchev–Trinajstić information content (AvgIpc) is 2.74. The highest BCUT2D eigenvalue weighted by Gasteiger charge is 2.35. The first-order chi connectivity index (χ1) is 8.74. The second-order valence-electron chi connectivity index (χ2n) is 5.19. The maximum Gasteiger partial charge on any atom is 0.317 e. The maximum absolute atomic E-state index is 11.5. The number of nitrogens with zero attached hydrogens (tertiary/aromatic N) is 2. The molecule has 2 heterocycles. The molecule has 2 aliphatic heterocycles. The lowest BCUT2D eigenvalue weighted by atomic mass is 10.1. The minimum Gasteiger partial charge on any atom is -0.336 e. The minimum atomic E-state index is 0.107. The molecular weight excluding hydrogens is 226 g/mol. The van der Waals surface area contributed by atoms with E-state index < -0.39 is 0 Å². The van der Waals surface area contributed by atoms with E-state index in [1.807, 2.05) is 4.90 Å². The van der Waals surface area contributed by atoms with E-state index in [1.165, 1.54) is 11.1 Å². The van der Waals surface area contributed by atoms with Gasteiger partial charge in [0.1, 0.15) is 0 Å². The van der Waals surface area contributed by atoms with E-state index in [0.717, 1.165) is 32.7 Å². The Kier molecular flexibility index (Phi) is 2.96. The van der Waals surface area contributed by atoms with Crippen LogP contribution in [0.15, 0.2) is 24.3 Å². The molecule has 0 spiro atoms.